The Labute approximate surface area is 106 Å². The molecule has 0 amide bonds. The van der Waals surface area contributed by atoms with E-state index in [9.17, 15) is 0 Å². The molecule has 3 rings (SSSR count). The van der Waals surface area contributed by atoms with E-state index in [1.54, 1.807) is 0 Å². The molecule has 90 valence electrons. The standard InChI is InChI=1S/C13H16ClN3/c1-2-15-8-13-16-11-7-9(14)3-6-12(11)17(13)10-4-5-10/h3,6-7,10,15H,2,4-5,8H2,1H3. The van der Waals surface area contributed by atoms with E-state index in [1.807, 2.05) is 12.1 Å². The first-order chi connectivity index (χ1) is 8.29. The molecule has 2 aromatic rings. The topological polar surface area (TPSA) is 29.9 Å². The van der Waals surface area contributed by atoms with Crippen LogP contribution in [0.15, 0.2) is 18.2 Å². The minimum absolute atomic E-state index is 0.648. The van der Waals surface area contributed by atoms with E-state index in [2.05, 4.69) is 27.9 Å². The minimum Gasteiger partial charge on any atom is -0.324 e. The van der Waals surface area contributed by atoms with Crippen LogP contribution in [0.1, 0.15) is 31.6 Å². The van der Waals surface area contributed by atoms with Crippen molar-refractivity contribution in [2.75, 3.05) is 6.54 Å². The second-order valence-electron chi connectivity index (χ2n) is 4.54. The predicted octanol–water partition coefficient (Wildman–Crippen LogP) is 3.13. The number of nitrogens with zero attached hydrogens (tertiary/aromatic N) is 2. The zero-order valence-corrected chi connectivity index (χ0v) is 10.7. The van der Waals surface area contributed by atoms with Crippen LogP contribution in [0.5, 0.6) is 0 Å². The Hall–Kier alpha value is -1.06. The summed E-state index contributed by atoms with van der Waals surface area (Å²) < 4.78 is 2.37. The van der Waals surface area contributed by atoms with E-state index in [4.69, 9.17) is 11.6 Å². The fourth-order valence-electron chi connectivity index (χ4n) is 2.22. The quantitative estimate of drug-likeness (QED) is 0.902. The Kier molecular flexibility index (Phi) is 2.81. The molecule has 1 fully saturated rings. The smallest absolute Gasteiger partial charge is 0.124 e. The van der Waals surface area contributed by atoms with Crippen LogP contribution in [-0.2, 0) is 6.54 Å². The summed E-state index contributed by atoms with van der Waals surface area (Å²) in [6.45, 7) is 3.91. The van der Waals surface area contributed by atoms with E-state index in [0.29, 0.717) is 6.04 Å². The molecule has 0 radical (unpaired) electrons. The Morgan fingerprint density at radius 2 is 2.29 bits per heavy atom. The second kappa shape index (κ2) is 4.31. The maximum atomic E-state index is 6.01. The zero-order valence-electron chi connectivity index (χ0n) is 9.91. The van der Waals surface area contributed by atoms with E-state index in [0.717, 1.165) is 29.5 Å². The van der Waals surface area contributed by atoms with Crippen LogP contribution in [0.2, 0.25) is 5.02 Å². The van der Waals surface area contributed by atoms with E-state index >= 15 is 0 Å². The van der Waals surface area contributed by atoms with Crippen LogP contribution in [0, 0.1) is 0 Å². The first-order valence-electron chi connectivity index (χ1n) is 6.16. The Balaban J connectivity index is 2.09. The molecule has 0 spiro atoms. The van der Waals surface area contributed by atoms with Crippen molar-refractivity contribution in [3.05, 3.63) is 29.0 Å². The normalized spacial score (nSPS) is 15.6. The van der Waals surface area contributed by atoms with Gasteiger partial charge in [-0.25, -0.2) is 4.98 Å². The van der Waals surface area contributed by atoms with Gasteiger partial charge in [-0.3, -0.25) is 0 Å². The number of hydrogen-bond donors (Lipinski definition) is 1. The van der Waals surface area contributed by atoms with Gasteiger partial charge < -0.3 is 9.88 Å². The highest BCUT2D eigenvalue weighted by atomic mass is 35.5. The molecule has 3 nitrogen and oxygen atoms in total. The van der Waals surface area contributed by atoms with Crippen molar-refractivity contribution in [3.8, 4) is 0 Å². The summed E-state index contributed by atoms with van der Waals surface area (Å²) in [7, 11) is 0. The Bertz CT molecular complexity index is 543. The average molecular weight is 250 g/mol. The number of rotatable bonds is 4. The molecule has 1 heterocycles. The molecule has 1 aliphatic rings. The number of halogens is 1. The van der Waals surface area contributed by atoms with Crippen LogP contribution in [-0.4, -0.2) is 16.1 Å². The van der Waals surface area contributed by atoms with Crippen LogP contribution in [0.25, 0.3) is 11.0 Å². The minimum atomic E-state index is 0.648. The lowest BCUT2D eigenvalue weighted by Crippen LogP contribution is -2.16. The zero-order chi connectivity index (χ0) is 11.8. The monoisotopic (exact) mass is 249 g/mol. The maximum Gasteiger partial charge on any atom is 0.124 e. The van der Waals surface area contributed by atoms with E-state index in [-0.39, 0.29) is 0 Å². The summed E-state index contributed by atoms with van der Waals surface area (Å²) in [6, 6.07) is 6.63. The summed E-state index contributed by atoms with van der Waals surface area (Å²) >= 11 is 6.01. The largest absolute Gasteiger partial charge is 0.324 e. The molecule has 0 bridgehead atoms. The molecule has 0 saturated heterocycles. The van der Waals surface area contributed by atoms with Gasteiger partial charge in [0.25, 0.3) is 0 Å². The van der Waals surface area contributed by atoms with Gasteiger partial charge in [0.05, 0.1) is 17.6 Å². The van der Waals surface area contributed by atoms with Gasteiger partial charge in [-0.2, -0.15) is 0 Å². The first kappa shape index (κ1) is 11.1. The van der Waals surface area contributed by atoms with Crippen molar-refractivity contribution in [2.45, 2.75) is 32.4 Å². The Morgan fingerprint density at radius 1 is 1.47 bits per heavy atom. The van der Waals surface area contributed by atoms with Crippen molar-refractivity contribution in [1.29, 1.82) is 0 Å². The van der Waals surface area contributed by atoms with Crippen molar-refractivity contribution in [2.24, 2.45) is 0 Å². The van der Waals surface area contributed by atoms with Gasteiger partial charge in [-0.1, -0.05) is 18.5 Å². The molecule has 0 unspecified atom stereocenters. The fourth-order valence-corrected chi connectivity index (χ4v) is 2.39. The third-order valence-electron chi connectivity index (χ3n) is 3.17. The third-order valence-corrected chi connectivity index (χ3v) is 3.40. The summed E-state index contributed by atoms with van der Waals surface area (Å²) in [5.41, 5.74) is 2.22. The molecule has 1 saturated carbocycles. The molecule has 1 aliphatic carbocycles. The van der Waals surface area contributed by atoms with Gasteiger partial charge in [0, 0.05) is 11.1 Å². The van der Waals surface area contributed by atoms with Crippen molar-refractivity contribution in [3.63, 3.8) is 0 Å². The van der Waals surface area contributed by atoms with E-state index in [1.165, 1.54) is 18.4 Å². The maximum absolute atomic E-state index is 6.01. The number of nitrogens with one attached hydrogen (secondary N) is 1. The first-order valence-corrected chi connectivity index (χ1v) is 6.54. The van der Waals surface area contributed by atoms with Gasteiger partial charge in [0.1, 0.15) is 5.82 Å². The van der Waals surface area contributed by atoms with Crippen LogP contribution in [0.4, 0.5) is 0 Å². The summed E-state index contributed by atoms with van der Waals surface area (Å²) in [6.07, 6.45) is 2.54. The fraction of sp³-hybridized carbons (Fsp3) is 0.462. The number of aromatic nitrogens is 2. The molecule has 1 aromatic carbocycles. The van der Waals surface area contributed by atoms with Crippen LogP contribution >= 0.6 is 11.6 Å². The molecule has 1 aromatic heterocycles. The van der Waals surface area contributed by atoms with Crippen molar-refractivity contribution in [1.82, 2.24) is 14.9 Å². The van der Waals surface area contributed by atoms with Crippen LogP contribution in [0.3, 0.4) is 0 Å². The predicted molar refractivity (Wildman–Crippen MR) is 70.4 cm³/mol. The van der Waals surface area contributed by atoms with Crippen LogP contribution < -0.4 is 5.32 Å². The molecule has 1 N–H and O–H groups in total. The molecule has 4 heteroatoms. The summed E-state index contributed by atoms with van der Waals surface area (Å²) in [5.74, 6) is 1.13. The van der Waals surface area contributed by atoms with Gasteiger partial charge >= 0.3 is 0 Å². The van der Waals surface area contributed by atoms with Gasteiger partial charge in [0.2, 0.25) is 0 Å². The second-order valence-corrected chi connectivity index (χ2v) is 4.98. The SMILES string of the molecule is CCNCc1nc2cc(Cl)ccc2n1C1CC1. The summed E-state index contributed by atoms with van der Waals surface area (Å²) in [5, 5.41) is 4.10. The van der Waals surface area contributed by atoms with Crippen molar-refractivity contribution >= 4 is 22.6 Å². The highest BCUT2D eigenvalue weighted by molar-refractivity contribution is 6.31. The Morgan fingerprint density at radius 3 is 3.00 bits per heavy atom. The number of imidazole rings is 1. The van der Waals surface area contributed by atoms with Gasteiger partial charge in [-0.15, -0.1) is 0 Å². The lowest BCUT2D eigenvalue weighted by Gasteiger charge is -2.07. The summed E-state index contributed by atoms with van der Waals surface area (Å²) in [4.78, 5) is 4.69. The number of hydrogen-bond acceptors (Lipinski definition) is 2. The molecule has 0 atom stereocenters. The molecule has 17 heavy (non-hydrogen) atoms. The lowest BCUT2D eigenvalue weighted by atomic mass is 10.3. The number of benzene rings is 1. The highest BCUT2D eigenvalue weighted by Gasteiger charge is 2.27. The molecule has 0 aliphatic heterocycles. The molecular formula is C13H16ClN3. The van der Waals surface area contributed by atoms with Gasteiger partial charge in [-0.05, 0) is 37.6 Å². The van der Waals surface area contributed by atoms with Crippen molar-refractivity contribution < 1.29 is 0 Å². The highest BCUT2D eigenvalue weighted by Crippen LogP contribution is 2.39. The lowest BCUT2D eigenvalue weighted by molar-refractivity contribution is 0.630. The van der Waals surface area contributed by atoms with E-state index < -0.39 is 0 Å². The third kappa shape index (κ3) is 2.05. The van der Waals surface area contributed by atoms with Gasteiger partial charge in [0.15, 0.2) is 0 Å². The average Bonchev–Trinajstić information content (AvgIpc) is 3.08. The number of fused-ring (bicyclic) bond motifs is 1. The molecular weight excluding hydrogens is 234 g/mol.